The molecular weight excluding hydrogens is 686 g/mol. The van der Waals surface area contributed by atoms with Gasteiger partial charge in [-0.3, -0.25) is 0 Å². The lowest BCUT2D eigenvalue weighted by atomic mass is 9.97. The summed E-state index contributed by atoms with van der Waals surface area (Å²) in [5.74, 6) is 0. The minimum absolute atomic E-state index is 0.152. The summed E-state index contributed by atoms with van der Waals surface area (Å²) in [4.78, 5) is 12.8. The molecule has 4 aromatic carbocycles. The molecule has 2 unspecified atom stereocenters. The van der Waals surface area contributed by atoms with Gasteiger partial charge in [-0.1, -0.05) is 127 Å². The van der Waals surface area contributed by atoms with Crippen LogP contribution in [0.5, 0.6) is 0 Å². The first-order valence-corrected chi connectivity index (χ1v) is 18.3. The topological polar surface area (TPSA) is 114 Å². The molecule has 2 N–H and O–H groups in total. The summed E-state index contributed by atoms with van der Waals surface area (Å²) >= 11 is 0. The Balaban J connectivity index is 1.46. The summed E-state index contributed by atoms with van der Waals surface area (Å²) in [6.45, 7) is 10.1. The first-order chi connectivity index (χ1) is 26.2. The van der Waals surface area contributed by atoms with E-state index in [1.165, 1.54) is 6.08 Å². The Labute approximate surface area is 319 Å². The third-order valence-electron chi connectivity index (χ3n) is 8.64. The Morgan fingerprint density at radius 2 is 1.15 bits per heavy atom. The number of benzene rings is 4. The van der Waals surface area contributed by atoms with Gasteiger partial charge in [-0.15, -0.1) is 6.58 Å². The minimum atomic E-state index is -1.15. The smallest absolute Gasteiger partial charge is 0.408 e. The van der Waals surface area contributed by atoms with Gasteiger partial charge < -0.3 is 43.6 Å². The van der Waals surface area contributed by atoms with Crippen molar-refractivity contribution in [1.29, 1.82) is 0 Å². The van der Waals surface area contributed by atoms with Crippen LogP contribution in [0.1, 0.15) is 43.0 Å². The highest BCUT2D eigenvalue weighted by molar-refractivity contribution is 5.68. The zero-order valence-electron chi connectivity index (χ0n) is 31.3. The van der Waals surface area contributed by atoms with Crippen LogP contribution in [0.15, 0.2) is 134 Å². The molecule has 288 valence electrons. The van der Waals surface area contributed by atoms with E-state index in [0.29, 0.717) is 13.2 Å². The molecule has 0 bridgehead atoms. The van der Waals surface area contributed by atoms with Crippen molar-refractivity contribution in [2.24, 2.45) is 0 Å². The molecule has 1 aliphatic rings. The van der Waals surface area contributed by atoms with Crippen molar-refractivity contribution < 1.29 is 43.1 Å². The number of nitrogens with one attached hydrogen (secondary N) is 1. The Morgan fingerprint density at radius 3 is 1.61 bits per heavy atom. The molecule has 10 nitrogen and oxygen atoms in total. The number of aliphatic hydroxyl groups is 1. The van der Waals surface area contributed by atoms with E-state index in [1.807, 2.05) is 121 Å². The van der Waals surface area contributed by atoms with E-state index < -0.39 is 54.5 Å². The van der Waals surface area contributed by atoms with Gasteiger partial charge in [0, 0.05) is 0 Å². The van der Waals surface area contributed by atoms with Crippen LogP contribution >= 0.6 is 0 Å². The SMILES string of the molecule is C=C[C@@H](O)[C@H](CO[C@H]1OC(COCc2ccccc2)[C@H](OCc2ccccc2)[C@H](OCc2ccccc2)C1OCc1ccccc1)NC(=O)OC(C)(C)C. The highest BCUT2D eigenvalue weighted by atomic mass is 16.7. The number of alkyl carbamates (subject to hydrolysis) is 1. The van der Waals surface area contributed by atoms with E-state index in [4.69, 9.17) is 33.2 Å². The van der Waals surface area contributed by atoms with Gasteiger partial charge >= 0.3 is 6.09 Å². The molecular formula is C44H53NO9. The quantitative estimate of drug-likeness (QED) is 0.0970. The van der Waals surface area contributed by atoms with Crippen molar-refractivity contribution in [1.82, 2.24) is 5.32 Å². The highest BCUT2D eigenvalue weighted by Gasteiger charge is 2.49. The molecule has 0 saturated carbocycles. The molecule has 5 rings (SSSR count). The third-order valence-corrected chi connectivity index (χ3v) is 8.64. The van der Waals surface area contributed by atoms with E-state index in [0.717, 1.165) is 22.3 Å². The van der Waals surface area contributed by atoms with Crippen molar-refractivity contribution in [3.05, 3.63) is 156 Å². The van der Waals surface area contributed by atoms with Crippen LogP contribution < -0.4 is 5.32 Å². The number of amides is 1. The molecule has 7 atom stereocenters. The van der Waals surface area contributed by atoms with Crippen LogP contribution in [-0.4, -0.2) is 72.9 Å². The molecule has 1 saturated heterocycles. The molecule has 10 heteroatoms. The summed E-state index contributed by atoms with van der Waals surface area (Å²) in [5, 5.41) is 13.6. The predicted octanol–water partition coefficient (Wildman–Crippen LogP) is 7.14. The van der Waals surface area contributed by atoms with Gasteiger partial charge in [-0.05, 0) is 43.0 Å². The van der Waals surface area contributed by atoms with E-state index in [1.54, 1.807) is 20.8 Å². The zero-order chi connectivity index (χ0) is 38.2. The van der Waals surface area contributed by atoms with Crippen LogP contribution in [0.3, 0.4) is 0 Å². The Morgan fingerprint density at radius 1 is 0.704 bits per heavy atom. The third kappa shape index (κ3) is 13.2. The van der Waals surface area contributed by atoms with Gasteiger partial charge in [0.25, 0.3) is 0 Å². The van der Waals surface area contributed by atoms with Crippen LogP contribution in [-0.2, 0) is 59.6 Å². The zero-order valence-corrected chi connectivity index (χ0v) is 31.3. The second-order valence-electron chi connectivity index (χ2n) is 14.1. The maximum Gasteiger partial charge on any atom is 0.408 e. The normalized spacial score (nSPS) is 21.1. The summed E-state index contributed by atoms with van der Waals surface area (Å²) in [6, 6.07) is 38.5. The first-order valence-electron chi connectivity index (χ1n) is 18.3. The van der Waals surface area contributed by atoms with Crippen molar-refractivity contribution in [2.75, 3.05) is 13.2 Å². The number of aliphatic hydroxyl groups excluding tert-OH is 1. The van der Waals surface area contributed by atoms with Crippen LogP contribution in [0.4, 0.5) is 4.79 Å². The Bertz CT molecular complexity index is 1650. The largest absolute Gasteiger partial charge is 0.444 e. The fourth-order valence-corrected chi connectivity index (χ4v) is 5.93. The predicted molar refractivity (Wildman–Crippen MR) is 205 cm³/mol. The van der Waals surface area contributed by atoms with Crippen molar-refractivity contribution in [2.45, 2.75) is 95.7 Å². The van der Waals surface area contributed by atoms with Gasteiger partial charge in [0.15, 0.2) is 6.29 Å². The molecule has 1 fully saturated rings. The molecule has 1 heterocycles. The monoisotopic (exact) mass is 739 g/mol. The summed E-state index contributed by atoms with van der Waals surface area (Å²) in [7, 11) is 0. The van der Waals surface area contributed by atoms with Gasteiger partial charge in [-0.25, -0.2) is 4.79 Å². The van der Waals surface area contributed by atoms with E-state index >= 15 is 0 Å². The number of rotatable bonds is 19. The van der Waals surface area contributed by atoms with E-state index in [9.17, 15) is 9.90 Å². The second-order valence-corrected chi connectivity index (χ2v) is 14.1. The van der Waals surface area contributed by atoms with E-state index in [-0.39, 0.29) is 26.4 Å². The van der Waals surface area contributed by atoms with Gasteiger partial charge in [0.05, 0.1) is 51.8 Å². The average Bonchev–Trinajstić information content (AvgIpc) is 3.18. The lowest BCUT2D eigenvalue weighted by molar-refractivity contribution is -0.329. The molecule has 0 aromatic heterocycles. The fourth-order valence-electron chi connectivity index (χ4n) is 5.93. The van der Waals surface area contributed by atoms with Gasteiger partial charge in [0.2, 0.25) is 0 Å². The van der Waals surface area contributed by atoms with E-state index in [2.05, 4.69) is 11.9 Å². The molecule has 0 spiro atoms. The molecule has 1 amide bonds. The summed E-state index contributed by atoms with van der Waals surface area (Å²) < 4.78 is 45.1. The summed E-state index contributed by atoms with van der Waals surface area (Å²) in [5.41, 5.74) is 3.16. The number of carbonyl (C=O) groups is 1. The molecule has 1 aliphatic heterocycles. The first kappa shape index (κ1) is 40.8. The minimum Gasteiger partial charge on any atom is -0.444 e. The Hall–Kier alpha value is -4.39. The standard InChI is InChI=1S/C44H53NO9/c1-5-37(46)36(45-43(47)54-44(2,3)4)30-52-42-41(51-29-35-24-16-9-17-25-35)40(50-28-34-22-14-8-15-23-34)39(49-27-33-20-12-7-13-21-33)38(53-42)31-48-26-32-18-10-6-11-19-32/h5-25,36-42,46H,1,26-31H2,2-4H3,(H,45,47)/t36-,37+,38?,39-,40-,41?,42-/m0/s1. The maximum absolute atomic E-state index is 12.8. The maximum atomic E-state index is 12.8. The molecule has 0 aliphatic carbocycles. The lowest BCUT2D eigenvalue weighted by Gasteiger charge is -2.46. The number of carbonyl (C=O) groups excluding carboxylic acids is 1. The van der Waals surface area contributed by atoms with Crippen LogP contribution in [0, 0.1) is 0 Å². The number of hydrogen-bond acceptors (Lipinski definition) is 9. The molecule has 4 aromatic rings. The number of ether oxygens (including phenoxy) is 7. The number of hydrogen-bond donors (Lipinski definition) is 2. The van der Waals surface area contributed by atoms with Crippen molar-refractivity contribution in [3.8, 4) is 0 Å². The van der Waals surface area contributed by atoms with Crippen LogP contribution in [0.25, 0.3) is 0 Å². The Kier molecular flexibility index (Phi) is 15.8. The van der Waals surface area contributed by atoms with Crippen molar-refractivity contribution in [3.63, 3.8) is 0 Å². The van der Waals surface area contributed by atoms with Crippen molar-refractivity contribution >= 4 is 6.09 Å². The second kappa shape index (κ2) is 20.9. The van der Waals surface area contributed by atoms with Gasteiger partial charge in [0.1, 0.15) is 30.0 Å². The fraction of sp³-hybridized carbons (Fsp3) is 0.386. The molecule has 54 heavy (non-hydrogen) atoms. The lowest BCUT2D eigenvalue weighted by Crippen LogP contribution is -2.62. The molecule has 0 radical (unpaired) electrons. The summed E-state index contributed by atoms with van der Waals surface area (Å²) in [6.07, 6.45) is -4.40. The van der Waals surface area contributed by atoms with Crippen LogP contribution in [0.2, 0.25) is 0 Å². The highest BCUT2D eigenvalue weighted by Crippen LogP contribution is 2.32. The average molecular weight is 740 g/mol. The van der Waals surface area contributed by atoms with Gasteiger partial charge in [-0.2, -0.15) is 0 Å².